The normalized spacial score (nSPS) is 23.8. The van der Waals surface area contributed by atoms with Crippen LogP contribution in [0.25, 0.3) is 10.9 Å². The molecule has 0 unspecified atom stereocenters. The Morgan fingerprint density at radius 2 is 2.00 bits per heavy atom. The molecule has 2 aliphatic rings. The number of rotatable bonds is 2. The average Bonchev–Trinajstić information content (AvgIpc) is 3.14. The van der Waals surface area contributed by atoms with Crippen LogP contribution in [0, 0.1) is 11.8 Å². The number of aromatic nitrogens is 1. The highest BCUT2D eigenvalue weighted by Gasteiger charge is 2.37. The van der Waals surface area contributed by atoms with Gasteiger partial charge in [0.1, 0.15) is 5.82 Å². The first kappa shape index (κ1) is 13.5. The van der Waals surface area contributed by atoms with E-state index in [2.05, 4.69) is 4.90 Å². The maximum absolute atomic E-state index is 11.6. The fourth-order valence-electron chi connectivity index (χ4n) is 3.41. The molecule has 2 fully saturated rings. The summed E-state index contributed by atoms with van der Waals surface area (Å²) in [6, 6.07) is 9.52. The van der Waals surface area contributed by atoms with Gasteiger partial charge < -0.3 is 14.4 Å². The molecule has 0 aliphatic carbocycles. The zero-order valence-electron chi connectivity index (χ0n) is 12.5. The van der Waals surface area contributed by atoms with Crippen LogP contribution in [0.2, 0.25) is 0 Å². The second kappa shape index (κ2) is 5.25. The van der Waals surface area contributed by atoms with Gasteiger partial charge >= 0.3 is 5.97 Å². The van der Waals surface area contributed by atoms with Crippen LogP contribution in [-0.4, -0.2) is 44.4 Å². The molecular formula is C17H18N2O3. The van der Waals surface area contributed by atoms with E-state index in [1.807, 2.05) is 24.3 Å². The molecule has 1 aromatic carbocycles. The number of nitrogens with zero attached hydrogens (tertiary/aromatic N) is 2. The van der Waals surface area contributed by atoms with Crippen molar-refractivity contribution in [2.75, 3.05) is 38.3 Å². The van der Waals surface area contributed by atoms with E-state index in [1.54, 1.807) is 6.07 Å². The lowest BCUT2D eigenvalue weighted by Crippen LogP contribution is -2.23. The molecular weight excluding hydrogens is 280 g/mol. The van der Waals surface area contributed by atoms with Crippen LogP contribution in [0.3, 0.4) is 0 Å². The highest BCUT2D eigenvalue weighted by molar-refractivity contribution is 5.94. The molecule has 0 saturated carbocycles. The molecule has 5 heteroatoms. The second-order valence-electron chi connectivity index (χ2n) is 6.03. The molecule has 0 N–H and O–H groups in total. The number of ether oxygens (including phenoxy) is 2. The number of fused-ring (bicyclic) bond motifs is 2. The van der Waals surface area contributed by atoms with Gasteiger partial charge in [-0.1, -0.05) is 0 Å². The molecule has 22 heavy (non-hydrogen) atoms. The number of carbonyl (C=O) groups excluding carboxylic acids is 1. The van der Waals surface area contributed by atoms with Gasteiger partial charge in [-0.15, -0.1) is 0 Å². The minimum absolute atomic E-state index is 0.321. The summed E-state index contributed by atoms with van der Waals surface area (Å²) in [4.78, 5) is 18.7. The van der Waals surface area contributed by atoms with E-state index in [1.165, 1.54) is 7.11 Å². The molecule has 2 aliphatic heterocycles. The monoisotopic (exact) mass is 298 g/mol. The minimum Gasteiger partial charge on any atom is -0.465 e. The van der Waals surface area contributed by atoms with Gasteiger partial charge in [0.2, 0.25) is 0 Å². The Balaban J connectivity index is 1.62. The maximum atomic E-state index is 11.6. The molecule has 0 spiro atoms. The summed E-state index contributed by atoms with van der Waals surface area (Å²) in [5.74, 6) is 1.96. The molecule has 0 bridgehead atoms. The summed E-state index contributed by atoms with van der Waals surface area (Å²) in [6.45, 7) is 3.78. The maximum Gasteiger partial charge on any atom is 0.337 e. The van der Waals surface area contributed by atoms with Crippen molar-refractivity contribution in [3.05, 3.63) is 35.9 Å². The van der Waals surface area contributed by atoms with E-state index in [0.29, 0.717) is 17.4 Å². The van der Waals surface area contributed by atoms with Gasteiger partial charge in [-0.25, -0.2) is 9.78 Å². The zero-order chi connectivity index (χ0) is 15.1. The lowest BCUT2D eigenvalue weighted by atomic mass is 10.0. The van der Waals surface area contributed by atoms with Crippen LogP contribution in [0.5, 0.6) is 0 Å². The van der Waals surface area contributed by atoms with Crippen molar-refractivity contribution < 1.29 is 14.3 Å². The lowest BCUT2D eigenvalue weighted by Gasteiger charge is -2.18. The van der Waals surface area contributed by atoms with Gasteiger partial charge in [0.15, 0.2) is 0 Å². The van der Waals surface area contributed by atoms with Crippen LogP contribution in [0.1, 0.15) is 10.4 Å². The molecule has 0 amide bonds. The first-order chi connectivity index (χ1) is 10.7. The molecule has 5 nitrogen and oxygen atoms in total. The molecule has 4 rings (SSSR count). The van der Waals surface area contributed by atoms with E-state index >= 15 is 0 Å². The number of pyridine rings is 1. The Morgan fingerprint density at radius 3 is 2.73 bits per heavy atom. The standard InChI is InChI=1S/C17H18N2O3/c1-21-17(20)12-2-4-15-11(6-12)3-5-16(18-15)19-7-13-9-22-10-14(13)8-19/h2-6,13-14H,7-10H2,1H3/t13-,14+. The van der Waals surface area contributed by atoms with Crippen molar-refractivity contribution in [2.45, 2.75) is 0 Å². The van der Waals surface area contributed by atoms with Crippen LogP contribution >= 0.6 is 0 Å². The van der Waals surface area contributed by atoms with Crippen molar-refractivity contribution in [1.29, 1.82) is 0 Å². The Morgan fingerprint density at radius 1 is 1.23 bits per heavy atom. The summed E-state index contributed by atoms with van der Waals surface area (Å²) < 4.78 is 10.3. The molecule has 2 saturated heterocycles. The van der Waals surface area contributed by atoms with Crippen LogP contribution in [0.4, 0.5) is 5.82 Å². The number of esters is 1. The van der Waals surface area contributed by atoms with Gasteiger partial charge in [0, 0.05) is 30.3 Å². The summed E-state index contributed by atoms with van der Waals surface area (Å²) >= 11 is 0. The van der Waals surface area contributed by atoms with Gasteiger partial charge in [0.05, 0.1) is 31.4 Å². The predicted molar refractivity (Wildman–Crippen MR) is 83.1 cm³/mol. The topological polar surface area (TPSA) is 51.7 Å². The van der Waals surface area contributed by atoms with E-state index in [9.17, 15) is 4.79 Å². The number of benzene rings is 1. The SMILES string of the molecule is COC(=O)c1ccc2nc(N3C[C@H]4COC[C@H]4C3)ccc2c1. The van der Waals surface area contributed by atoms with Crippen molar-refractivity contribution in [3.63, 3.8) is 0 Å². The number of carbonyl (C=O) groups is 1. The Kier molecular flexibility index (Phi) is 3.22. The van der Waals surface area contributed by atoms with E-state index in [0.717, 1.165) is 43.0 Å². The Labute approximate surface area is 128 Å². The molecule has 0 radical (unpaired) electrons. The first-order valence-electron chi connectivity index (χ1n) is 7.56. The third-order valence-corrected chi connectivity index (χ3v) is 4.66. The molecule has 114 valence electrons. The van der Waals surface area contributed by atoms with E-state index < -0.39 is 0 Å². The fourth-order valence-corrected chi connectivity index (χ4v) is 3.41. The summed E-state index contributed by atoms with van der Waals surface area (Å²) in [5, 5.41) is 0.953. The van der Waals surface area contributed by atoms with Crippen LogP contribution < -0.4 is 4.90 Å². The summed E-state index contributed by atoms with van der Waals surface area (Å²) in [7, 11) is 1.39. The van der Waals surface area contributed by atoms with Gasteiger partial charge in [0.25, 0.3) is 0 Å². The smallest absolute Gasteiger partial charge is 0.337 e. The third-order valence-electron chi connectivity index (χ3n) is 4.66. The second-order valence-corrected chi connectivity index (χ2v) is 6.03. The summed E-state index contributed by atoms with van der Waals surface area (Å²) in [6.07, 6.45) is 0. The minimum atomic E-state index is -0.321. The largest absolute Gasteiger partial charge is 0.465 e. The van der Waals surface area contributed by atoms with Gasteiger partial charge in [-0.3, -0.25) is 0 Å². The lowest BCUT2D eigenvalue weighted by molar-refractivity contribution is 0.0601. The predicted octanol–water partition coefficient (Wildman–Crippen LogP) is 2.10. The van der Waals surface area contributed by atoms with E-state index in [4.69, 9.17) is 14.5 Å². The van der Waals surface area contributed by atoms with Crippen LogP contribution in [-0.2, 0) is 9.47 Å². The van der Waals surface area contributed by atoms with Gasteiger partial charge in [-0.05, 0) is 30.3 Å². The van der Waals surface area contributed by atoms with Crippen molar-refractivity contribution in [2.24, 2.45) is 11.8 Å². The Bertz CT molecular complexity index is 719. The highest BCUT2D eigenvalue weighted by atomic mass is 16.5. The van der Waals surface area contributed by atoms with Gasteiger partial charge in [-0.2, -0.15) is 0 Å². The first-order valence-corrected chi connectivity index (χ1v) is 7.56. The number of hydrogen-bond acceptors (Lipinski definition) is 5. The quantitative estimate of drug-likeness (QED) is 0.795. The Hall–Kier alpha value is -2.14. The van der Waals surface area contributed by atoms with Crippen molar-refractivity contribution in [1.82, 2.24) is 4.98 Å². The number of anilines is 1. The zero-order valence-corrected chi connectivity index (χ0v) is 12.5. The molecule has 2 aromatic rings. The molecule has 2 atom stereocenters. The van der Waals surface area contributed by atoms with Crippen molar-refractivity contribution >= 4 is 22.7 Å². The van der Waals surface area contributed by atoms with Crippen LogP contribution in [0.15, 0.2) is 30.3 Å². The molecule has 1 aromatic heterocycles. The highest BCUT2D eigenvalue weighted by Crippen LogP contribution is 2.32. The number of hydrogen-bond donors (Lipinski definition) is 0. The fraction of sp³-hybridized carbons (Fsp3) is 0.412. The molecule has 3 heterocycles. The third kappa shape index (κ3) is 2.22. The number of methoxy groups -OCH3 is 1. The summed E-state index contributed by atoms with van der Waals surface area (Å²) in [5.41, 5.74) is 1.45. The average molecular weight is 298 g/mol. The van der Waals surface area contributed by atoms with Crippen molar-refractivity contribution in [3.8, 4) is 0 Å². The van der Waals surface area contributed by atoms with E-state index in [-0.39, 0.29) is 5.97 Å².